The molecule has 3 aromatic carbocycles. The molecule has 9 heteroatoms. The van der Waals surface area contributed by atoms with Crippen LogP contribution in [0.2, 0.25) is 5.02 Å². The van der Waals surface area contributed by atoms with E-state index in [0.29, 0.717) is 16.3 Å². The SMILES string of the molecule is Cc1cccc(CN(C(=O)CN(c2cc(Cl)ccc2C)S(C)(=O)=O)[C@@H](Cc2ccccc2)C(=O)NC(C)(C)C)c1. The molecule has 0 spiro atoms. The average molecular weight is 584 g/mol. The molecule has 2 amide bonds. The largest absolute Gasteiger partial charge is 0.350 e. The van der Waals surface area contributed by atoms with Crippen LogP contribution in [0.1, 0.15) is 43.0 Å². The average Bonchev–Trinajstić information content (AvgIpc) is 2.85. The molecule has 0 fully saturated rings. The number of carbonyl (C=O) groups excluding carboxylic acids is 2. The Kier molecular flexibility index (Phi) is 10.0. The van der Waals surface area contributed by atoms with Gasteiger partial charge in [0, 0.05) is 23.5 Å². The molecule has 0 radical (unpaired) electrons. The molecular formula is C31H38ClN3O4S. The van der Waals surface area contributed by atoms with E-state index >= 15 is 0 Å². The molecule has 40 heavy (non-hydrogen) atoms. The number of carbonyl (C=O) groups is 2. The molecule has 0 aliphatic heterocycles. The van der Waals surface area contributed by atoms with Gasteiger partial charge in [0.2, 0.25) is 21.8 Å². The smallest absolute Gasteiger partial charge is 0.244 e. The molecule has 214 valence electrons. The number of anilines is 1. The van der Waals surface area contributed by atoms with Crippen molar-refractivity contribution in [3.05, 3.63) is 100 Å². The van der Waals surface area contributed by atoms with E-state index in [2.05, 4.69) is 5.32 Å². The van der Waals surface area contributed by atoms with Gasteiger partial charge in [-0.15, -0.1) is 0 Å². The summed E-state index contributed by atoms with van der Waals surface area (Å²) in [7, 11) is -3.87. The molecule has 0 saturated heterocycles. The van der Waals surface area contributed by atoms with Crippen LogP contribution in [0.25, 0.3) is 0 Å². The fourth-order valence-electron chi connectivity index (χ4n) is 4.46. The van der Waals surface area contributed by atoms with Crippen LogP contribution in [0.3, 0.4) is 0 Å². The molecule has 0 aliphatic rings. The number of benzene rings is 3. The Bertz CT molecular complexity index is 1450. The number of halogens is 1. The summed E-state index contributed by atoms with van der Waals surface area (Å²) in [5.41, 5.74) is 3.15. The maximum Gasteiger partial charge on any atom is 0.244 e. The van der Waals surface area contributed by atoms with Gasteiger partial charge in [0.1, 0.15) is 12.6 Å². The van der Waals surface area contributed by atoms with Gasteiger partial charge in [0.15, 0.2) is 0 Å². The van der Waals surface area contributed by atoms with Gasteiger partial charge in [0.05, 0.1) is 11.9 Å². The first-order chi connectivity index (χ1) is 18.6. The molecule has 0 aromatic heterocycles. The molecule has 7 nitrogen and oxygen atoms in total. The Balaban J connectivity index is 2.10. The highest BCUT2D eigenvalue weighted by Crippen LogP contribution is 2.27. The third-order valence-corrected chi connectivity index (χ3v) is 7.69. The van der Waals surface area contributed by atoms with Crippen molar-refractivity contribution in [2.24, 2.45) is 0 Å². The monoisotopic (exact) mass is 583 g/mol. The first kappa shape index (κ1) is 31.2. The first-order valence-corrected chi connectivity index (χ1v) is 15.3. The lowest BCUT2D eigenvalue weighted by Gasteiger charge is -2.35. The van der Waals surface area contributed by atoms with E-state index in [1.165, 1.54) is 11.0 Å². The molecular weight excluding hydrogens is 546 g/mol. The zero-order valence-electron chi connectivity index (χ0n) is 23.9. The van der Waals surface area contributed by atoms with Crippen molar-refractivity contribution >= 4 is 39.1 Å². The van der Waals surface area contributed by atoms with E-state index in [0.717, 1.165) is 27.3 Å². The lowest BCUT2D eigenvalue weighted by molar-refractivity contribution is -0.140. The van der Waals surface area contributed by atoms with Gasteiger partial charge in [-0.2, -0.15) is 0 Å². The third-order valence-electron chi connectivity index (χ3n) is 6.32. The number of nitrogens with zero attached hydrogens (tertiary/aromatic N) is 2. The lowest BCUT2D eigenvalue weighted by atomic mass is 10.0. The topological polar surface area (TPSA) is 86.8 Å². The van der Waals surface area contributed by atoms with E-state index in [1.807, 2.05) is 82.3 Å². The zero-order valence-corrected chi connectivity index (χ0v) is 25.5. The Morgan fingerprint density at radius 1 is 0.925 bits per heavy atom. The summed E-state index contributed by atoms with van der Waals surface area (Å²) >= 11 is 6.21. The number of hydrogen-bond donors (Lipinski definition) is 1. The summed E-state index contributed by atoms with van der Waals surface area (Å²) in [6.45, 7) is 8.99. The fourth-order valence-corrected chi connectivity index (χ4v) is 5.53. The van der Waals surface area contributed by atoms with E-state index in [4.69, 9.17) is 11.6 Å². The van der Waals surface area contributed by atoms with Crippen molar-refractivity contribution in [3.63, 3.8) is 0 Å². The summed E-state index contributed by atoms with van der Waals surface area (Å²) in [6.07, 6.45) is 1.31. The van der Waals surface area contributed by atoms with Crippen molar-refractivity contribution < 1.29 is 18.0 Å². The maximum atomic E-state index is 14.2. The zero-order chi connectivity index (χ0) is 29.7. The second-order valence-electron chi connectivity index (χ2n) is 11.2. The first-order valence-electron chi connectivity index (χ1n) is 13.1. The molecule has 3 aromatic rings. The number of sulfonamides is 1. The maximum absolute atomic E-state index is 14.2. The van der Waals surface area contributed by atoms with E-state index in [-0.39, 0.29) is 18.9 Å². The molecule has 1 atom stereocenters. The highest BCUT2D eigenvalue weighted by atomic mass is 35.5. The second-order valence-corrected chi connectivity index (χ2v) is 13.5. The summed E-state index contributed by atoms with van der Waals surface area (Å²) in [6, 6.07) is 21.2. The van der Waals surface area contributed by atoms with Crippen molar-refractivity contribution in [1.82, 2.24) is 10.2 Å². The van der Waals surface area contributed by atoms with Crippen LogP contribution in [0.4, 0.5) is 5.69 Å². The predicted molar refractivity (Wildman–Crippen MR) is 162 cm³/mol. The number of aryl methyl sites for hydroxylation is 2. The summed E-state index contributed by atoms with van der Waals surface area (Å²) < 4.78 is 27.0. The van der Waals surface area contributed by atoms with Crippen LogP contribution in [-0.4, -0.2) is 49.5 Å². The predicted octanol–water partition coefficient (Wildman–Crippen LogP) is 5.28. The van der Waals surface area contributed by atoms with Gasteiger partial charge in [-0.25, -0.2) is 8.42 Å². The minimum absolute atomic E-state index is 0.127. The standard InChI is InChI=1S/C31H38ClN3O4S/c1-22-11-10-14-25(17-22)20-34(28(30(37)33-31(3,4)5)18-24-12-8-7-9-13-24)29(36)21-35(40(6,38)39)27-19-26(32)16-15-23(27)2/h7-17,19,28H,18,20-21H2,1-6H3,(H,33,37)/t28-/m0/s1. The molecule has 0 aliphatic carbocycles. The lowest BCUT2D eigenvalue weighted by Crippen LogP contribution is -2.56. The molecule has 0 saturated carbocycles. The highest BCUT2D eigenvalue weighted by Gasteiger charge is 2.34. The van der Waals surface area contributed by atoms with Gasteiger partial charge in [-0.05, 0) is 63.4 Å². The van der Waals surface area contributed by atoms with Gasteiger partial charge in [0.25, 0.3) is 0 Å². The van der Waals surface area contributed by atoms with Crippen LogP contribution >= 0.6 is 11.6 Å². The number of amides is 2. The molecule has 0 bridgehead atoms. The number of rotatable bonds is 10. The van der Waals surface area contributed by atoms with Crippen molar-refractivity contribution in [3.8, 4) is 0 Å². The second kappa shape index (κ2) is 12.9. The quantitative estimate of drug-likeness (QED) is 0.352. The minimum atomic E-state index is -3.87. The number of hydrogen-bond acceptors (Lipinski definition) is 4. The van der Waals surface area contributed by atoms with Crippen LogP contribution in [0.5, 0.6) is 0 Å². The Labute approximate surface area is 243 Å². The number of nitrogens with one attached hydrogen (secondary N) is 1. The van der Waals surface area contributed by atoms with Crippen molar-refractivity contribution in [2.75, 3.05) is 17.1 Å². The Morgan fingerprint density at radius 3 is 2.17 bits per heavy atom. The van der Waals surface area contributed by atoms with Gasteiger partial charge < -0.3 is 10.2 Å². The molecule has 0 unspecified atom stereocenters. The highest BCUT2D eigenvalue weighted by molar-refractivity contribution is 7.92. The molecule has 0 heterocycles. The fraction of sp³-hybridized carbons (Fsp3) is 0.355. The summed E-state index contributed by atoms with van der Waals surface area (Å²) in [4.78, 5) is 29.4. The van der Waals surface area contributed by atoms with Crippen LogP contribution in [0, 0.1) is 13.8 Å². The van der Waals surface area contributed by atoms with Crippen LogP contribution in [-0.2, 0) is 32.6 Å². The normalized spacial score (nSPS) is 12.5. The van der Waals surface area contributed by atoms with E-state index in [1.54, 1.807) is 19.1 Å². The Morgan fingerprint density at radius 2 is 1.57 bits per heavy atom. The van der Waals surface area contributed by atoms with Gasteiger partial charge >= 0.3 is 0 Å². The minimum Gasteiger partial charge on any atom is -0.350 e. The van der Waals surface area contributed by atoms with Gasteiger partial charge in [-0.3, -0.25) is 13.9 Å². The Hall–Kier alpha value is -3.36. The van der Waals surface area contributed by atoms with Crippen LogP contribution < -0.4 is 9.62 Å². The summed E-state index contributed by atoms with van der Waals surface area (Å²) in [5, 5.41) is 3.37. The van der Waals surface area contributed by atoms with Gasteiger partial charge in [-0.1, -0.05) is 77.8 Å². The van der Waals surface area contributed by atoms with E-state index < -0.39 is 34.1 Å². The summed E-state index contributed by atoms with van der Waals surface area (Å²) in [5.74, 6) is -0.821. The molecule has 3 rings (SSSR count). The third kappa shape index (κ3) is 8.83. The van der Waals surface area contributed by atoms with Crippen molar-refractivity contribution in [1.29, 1.82) is 0 Å². The van der Waals surface area contributed by atoms with E-state index in [9.17, 15) is 18.0 Å². The van der Waals surface area contributed by atoms with Crippen molar-refractivity contribution in [2.45, 2.75) is 59.2 Å². The molecule has 1 N–H and O–H groups in total. The van der Waals surface area contributed by atoms with Crippen LogP contribution in [0.15, 0.2) is 72.8 Å².